The van der Waals surface area contributed by atoms with Gasteiger partial charge in [-0.3, -0.25) is 0 Å². The maximum atomic E-state index is 2.47. The average molecular weight is 306 g/mol. The van der Waals surface area contributed by atoms with Gasteiger partial charge in [0.25, 0.3) is 0 Å². The zero-order valence-corrected chi connectivity index (χ0v) is 15.6. The van der Waals surface area contributed by atoms with Crippen LogP contribution in [0.5, 0.6) is 0 Å². The molecule has 0 heteroatoms. The second-order valence-corrected chi connectivity index (χ2v) is 8.44. The molecule has 1 aliphatic rings. The van der Waals surface area contributed by atoms with E-state index in [9.17, 15) is 0 Å². The Bertz CT molecular complexity index is 724. The third-order valence-electron chi connectivity index (χ3n) is 6.01. The molecule has 0 atom stereocenters. The first kappa shape index (κ1) is 16.3. The number of rotatable bonds is 3. The molecule has 0 fully saturated rings. The standard InChI is InChI=1S/C23H30/c1-7-23(6,8-2)19-10-12-21-17(15-19)13-16-14-18(22(3,4)5)9-11-20(16)21/h9-12,14-15H,7-8,13H2,1-6H3. The van der Waals surface area contributed by atoms with Crippen molar-refractivity contribution in [2.45, 2.75) is 71.6 Å². The molecule has 1 aliphatic carbocycles. The van der Waals surface area contributed by atoms with Crippen molar-refractivity contribution in [2.24, 2.45) is 0 Å². The fourth-order valence-corrected chi connectivity index (χ4v) is 3.71. The highest BCUT2D eigenvalue weighted by Crippen LogP contribution is 2.41. The Morgan fingerprint density at radius 3 is 1.70 bits per heavy atom. The molecule has 2 aromatic rings. The smallest absolute Gasteiger partial charge is 0.00132 e. The molecule has 122 valence electrons. The van der Waals surface area contributed by atoms with Gasteiger partial charge < -0.3 is 0 Å². The molecule has 0 N–H and O–H groups in total. The molecular formula is C23H30. The van der Waals surface area contributed by atoms with E-state index in [0.717, 1.165) is 6.42 Å². The lowest BCUT2D eigenvalue weighted by molar-refractivity contribution is 0.438. The lowest BCUT2D eigenvalue weighted by Gasteiger charge is -2.28. The van der Waals surface area contributed by atoms with Gasteiger partial charge >= 0.3 is 0 Å². The zero-order chi connectivity index (χ0) is 16.8. The minimum absolute atomic E-state index is 0.220. The summed E-state index contributed by atoms with van der Waals surface area (Å²) in [5.41, 5.74) is 9.36. The Kier molecular flexibility index (Phi) is 3.91. The van der Waals surface area contributed by atoms with Crippen molar-refractivity contribution in [1.82, 2.24) is 0 Å². The van der Waals surface area contributed by atoms with Gasteiger partial charge in [0.15, 0.2) is 0 Å². The van der Waals surface area contributed by atoms with Crippen LogP contribution in [0.4, 0.5) is 0 Å². The largest absolute Gasteiger partial charge is 0.0645 e. The highest BCUT2D eigenvalue weighted by atomic mass is 14.3. The van der Waals surface area contributed by atoms with Crippen molar-refractivity contribution in [3.63, 3.8) is 0 Å². The van der Waals surface area contributed by atoms with Gasteiger partial charge in [-0.2, -0.15) is 0 Å². The molecule has 3 rings (SSSR count). The Morgan fingerprint density at radius 2 is 1.22 bits per heavy atom. The van der Waals surface area contributed by atoms with Crippen LogP contribution in [0.15, 0.2) is 36.4 Å². The molecule has 0 nitrogen and oxygen atoms in total. The van der Waals surface area contributed by atoms with E-state index < -0.39 is 0 Å². The van der Waals surface area contributed by atoms with Crippen LogP contribution in [0.3, 0.4) is 0 Å². The Morgan fingerprint density at radius 1 is 0.739 bits per heavy atom. The predicted molar refractivity (Wildman–Crippen MR) is 101 cm³/mol. The van der Waals surface area contributed by atoms with E-state index in [0.29, 0.717) is 5.41 Å². The van der Waals surface area contributed by atoms with Gasteiger partial charge in [-0.1, -0.05) is 77.9 Å². The van der Waals surface area contributed by atoms with Crippen LogP contribution in [0.25, 0.3) is 11.1 Å². The van der Waals surface area contributed by atoms with Crippen LogP contribution < -0.4 is 0 Å². The quantitative estimate of drug-likeness (QED) is 0.509. The summed E-state index contributed by atoms with van der Waals surface area (Å²) in [6.07, 6.45) is 3.48. The number of hydrogen-bond donors (Lipinski definition) is 0. The van der Waals surface area contributed by atoms with Crippen LogP contribution in [0, 0.1) is 0 Å². The SMILES string of the molecule is CCC(C)(CC)c1ccc2c(c1)Cc1cc(C(C)(C)C)ccc1-2. The molecule has 0 saturated heterocycles. The van der Waals surface area contributed by atoms with Crippen molar-refractivity contribution in [2.75, 3.05) is 0 Å². The van der Waals surface area contributed by atoms with Gasteiger partial charge in [-0.15, -0.1) is 0 Å². The van der Waals surface area contributed by atoms with Crippen molar-refractivity contribution >= 4 is 0 Å². The minimum atomic E-state index is 0.220. The van der Waals surface area contributed by atoms with Crippen molar-refractivity contribution in [1.29, 1.82) is 0 Å². The molecule has 0 aliphatic heterocycles. The molecule has 0 saturated carbocycles. The summed E-state index contributed by atoms with van der Waals surface area (Å²) in [6, 6.07) is 14.3. The molecule has 23 heavy (non-hydrogen) atoms. The third-order valence-corrected chi connectivity index (χ3v) is 6.01. The van der Waals surface area contributed by atoms with Crippen molar-refractivity contribution in [3.8, 4) is 11.1 Å². The van der Waals surface area contributed by atoms with Crippen LogP contribution in [0.2, 0.25) is 0 Å². The van der Waals surface area contributed by atoms with Crippen molar-refractivity contribution < 1.29 is 0 Å². The topological polar surface area (TPSA) is 0 Å². The number of benzene rings is 2. The third kappa shape index (κ3) is 2.73. The highest BCUT2D eigenvalue weighted by molar-refractivity contribution is 5.77. The van der Waals surface area contributed by atoms with Gasteiger partial charge in [-0.05, 0) is 63.5 Å². The van der Waals surface area contributed by atoms with Gasteiger partial charge in [0, 0.05) is 0 Å². The normalized spacial score (nSPS) is 13.8. The van der Waals surface area contributed by atoms with E-state index in [4.69, 9.17) is 0 Å². The summed E-state index contributed by atoms with van der Waals surface area (Å²) in [7, 11) is 0. The molecule has 0 unspecified atom stereocenters. The van der Waals surface area contributed by atoms with Crippen LogP contribution in [-0.4, -0.2) is 0 Å². The summed E-state index contributed by atoms with van der Waals surface area (Å²) in [5, 5.41) is 0. The lowest BCUT2D eigenvalue weighted by Crippen LogP contribution is -2.19. The Hall–Kier alpha value is -1.56. The first-order chi connectivity index (χ1) is 10.8. The molecule has 0 bridgehead atoms. The maximum absolute atomic E-state index is 2.47. The molecule has 0 spiro atoms. The second kappa shape index (κ2) is 5.51. The molecule has 0 radical (unpaired) electrons. The lowest BCUT2D eigenvalue weighted by atomic mass is 9.77. The van der Waals surface area contributed by atoms with Crippen LogP contribution >= 0.6 is 0 Å². The van der Waals surface area contributed by atoms with E-state index in [2.05, 4.69) is 77.9 Å². The Labute approximate surface area is 141 Å². The van der Waals surface area contributed by atoms with E-state index >= 15 is 0 Å². The van der Waals surface area contributed by atoms with Crippen LogP contribution in [0.1, 0.15) is 76.6 Å². The minimum Gasteiger partial charge on any atom is -0.0645 e. The molecule has 0 heterocycles. The summed E-state index contributed by atoms with van der Waals surface area (Å²) in [5.74, 6) is 0. The summed E-state index contributed by atoms with van der Waals surface area (Å²) >= 11 is 0. The number of fused-ring (bicyclic) bond motifs is 3. The highest BCUT2D eigenvalue weighted by Gasteiger charge is 2.26. The first-order valence-electron chi connectivity index (χ1n) is 9.05. The first-order valence-corrected chi connectivity index (χ1v) is 9.05. The maximum Gasteiger partial charge on any atom is -0.00132 e. The molecular weight excluding hydrogens is 276 g/mol. The molecule has 0 aromatic heterocycles. The fraction of sp³-hybridized carbons (Fsp3) is 0.478. The number of hydrogen-bond acceptors (Lipinski definition) is 0. The summed E-state index contributed by atoms with van der Waals surface area (Å²) in [4.78, 5) is 0. The van der Waals surface area contributed by atoms with Gasteiger partial charge in [0.1, 0.15) is 0 Å². The van der Waals surface area contributed by atoms with E-state index in [1.165, 1.54) is 46.2 Å². The summed E-state index contributed by atoms with van der Waals surface area (Å²) < 4.78 is 0. The van der Waals surface area contributed by atoms with E-state index in [1.54, 1.807) is 0 Å². The van der Waals surface area contributed by atoms with E-state index in [1.807, 2.05) is 0 Å². The van der Waals surface area contributed by atoms with Gasteiger partial charge in [-0.25, -0.2) is 0 Å². The van der Waals surface area contributed by atoms with Crippen molar-refractivity contribution in [3.05, 3.63) is 58.7 Å². The molecule has 2 aromatic carbocycles. The summed E-state index contributed by atoms with van der Waals surface area (Å²) in [6.45, 7) is 13.9. The van der Waals surface area contributed by atoms with E-state index in [-0.39, 0.29) is 5.41 Å². The average Bonchev–Trinajstić information content (AvgIpc) is 2.90. The second-order valence-electron chi connectivity index (χ2n) is 8.44. The van der Waals surface area contributed by atoms with Gasteiger partial charge in [0.2, 0.25) is 0 Å². The monoisotopic (exact) mass is 306 g/mol. The zero-order valence-electron chi connectivity index (χ0n) is 15.6. The fourth-order valence-electron chi connectivity index (χ4n) is 3.71. The Balaban J connectivity index is 2.02. The molecule has 0 amide bonds. The van der Waals surface area contributed by atoms with Gasteiger partial charge in [0.05, 0.1) is 0 Å². The predicted octanol–water partition coefficient (Wildman–Crippen LogP) is 6.63. The van der Waals surface area contributed by atoms with Crippen LogP contribution in [-0.2, 0) is 17.3 Å².